The number of rotatable bonds is 6. The van der Waals surface area contributed by atoms with Gasteiger partial charge in [-0.2, -0.15) is 5.10 Å². The molecule has 0 saturated heterocycles. The molecule has 128 valence electrons. The van der Waals surface area contributed by atoms with Gasteiger partial charge in [-0.15, -0.1) is 0 Å². The van der Waals surface area contributed by atoms with Crippen LogP contribution in [-0.4, -0.2) is 34.6 Å². The molecular formula is C18H16N2O5. The molecule has 3 aromatic rings. The van der Waals surface area contributed by atoms with Crippen molar-refractivity contribution >= 4 is 16.7 Å². The van der Waals surface area contributed by atoms with E-state index in [0.29, 0.717) is 22.3 Å². The highest BCUT2D eigenvalue weighted by Gasteiger charge is 2.15. The minimum Gasteiger partial charge on any atom is -0.497 e. The van der Waals surface area contributed by atoms with Crippen LogP contribution in [0.2, 0.25) is 0 Å². The van der Waals surface area contributed by atoms with Gasteiger partial charge in [0.1, 0.15) is 18.1 Å². The number of carbonyl (C=O) groups is 1. The Morgan fingerprint density at radius 3 is 2.36 bits per heavy atom. The zero-order valence-electron chi connectivity index (χ0n) is 13.5. The Hall–Kier alpha value is -3.35. The van der Waals surface area contributed by atoms with Crippen molar-refractivity contribution in [2.45, 2.75) is 6.54 Å². The van der Waals surface area contributed by atoms with E-state index >= 15 is 0 Å². The van der Waals surface area contributed by atoms with Crippen molar-refractivity contribution in [3.63, 3.8) is 0 Å². The lowest BCUT2D eigenvalue weighted by Crippen LogP contribution is -2.28. The number of hydrogen-bond donors (Lipinski definition) is 1. The molecule has 2 aromatic carbocycles. The second-order valence-corrected chi connectivity index (χ2v) is 5.25. The van der Waals surface area contributed by atoms with Crippen molar-refractivity contribution in [1.82, 2.24) is 9.78 Å². The molecule has 0 bridgehead atoms. The van der Waals surface area contributed by atoms with Gasteiger partial charge in [0.05, 0.1) is 19.0 Å². The second-order valence-electron chi connectivity index (χ2n) is 5.25. The Labute approximate surface area is 143 Å². The normalized spacial score (nSPS) is 10.6. The minimum atomic E-state index is -1.18. The fraction of sp³-hybridized carbons (Fsp3) is 0.167. The number of carboxylic acid groups (broad SMARTS) is 1. The number of nitrogens with zero attached hydrogens (tertiary/aromatic N) is 2. The Morgan fingerprint density at radius 1 is 1.08 bits per heavy atom. The summed E-state index contributed by atoms with van der Waals surface area (Å²) in [5.41, 5.74) is -0.501. The van der Waals surface area contributed by atoms with Crippen LogP contribution < -0.4 is 15.0 Å². The summed E-state index contributed by atoms with van der Waals surface area (Å²) in [6, 6.07) is 13.5. The molecule has 0 unspecified atom stereocenters. The minimum absolute atomic E-state index is 0.135. The number of fused-ring (bicyclic) bond motifs is 1. The molecule has 0 radical (unpaired) electrons. The lowest BCUT2D eigenvalue weighted by molar-refractivity contribution is 0.0689. The van der Waals surface area contributed by atoms with Crippen molar-refractivity contribution < 1.29 is 19.4 Å². The Bertz CT molecular complexity index is 963. The number of ether oxygens (including phenoxy) is 2. The maximum Gasteiger partial charge on any atom is 0.357 e. The van der Waals surface area contributed by atoms with Gasteiger partial charge in [0.15, 0.2) is 5.69 Å². The number of benzene rings is 2. The summed E-state index contributed by atoms with van der Waals surface area (Å²) in [6.07, 6.45) is 0. The number of carboxylic acids is 1. The molecular weight excluding hydrogens is 324 g/mol. The van der Waals surface area contributed by atoms with E-state index in [1.165, 1.54) is 0 Å². The van der Waals surface area contributed by atoms with E-state index in [9.17, 15) is 14.7 Å². The van der Waals surface area contributed by atoms with Crippen LogP contribution in [0.5, 0.6) is 11.5 Å². The van der Waals surface area contributed by atoms with E-state index in [4.69, 9.17) is 9.47 Å². The summed E-state index contributed by atoms with van der Waals surface area (Å²) in [4.78, 5) is 23.9. The van der Waals surface area contributed by atoms with Crippen LogP contribution in [0.3, 0.4) is 0 Å². The van der Waals surface area contributed by atoms with Gasteiger partial charge in [-0.25, -0.2) is 9.48 Å². The summed E-state index contributed by atoms with van der Waals surface area (Å²) < 4.78 is 11.8. The van der Waals surface area contributed by atoms with Crippen LogP contribution in [0.25, 0.3) is 10.8 Å². The molecule has 1 N–H and O–H groups in total. The zero-order valence-corrected chi connectivity index (χ0v) is 13.5. The van der Waals surface area contributed by atoms with Crippen molar-refractivity contribution in [3.05, 3.63) is 64.6 Å². The molecule has 0 aliphatic rings. The van der Waals surface area contributed by atoms with Gasteiger partial charge in [0, 0.05) is 5.39 Å². The number of hydrogen-bond acceptors (Lipinski definition) is 5. The van der Waals surface area contributed by atoms with Crippen molar-refractivity contribution in [2.75, 3.05) is 13.7 Å². The van der Waals surface area contributed by atoms with Crippen molar-refractivity contribution in [3.8, 4) is 11.5 Å². The van der Waals surface area contributed by atoms with Gasteiger partial charge >= 0.3 is 5.97 Å². The maximum atomic E-state index is 12.5. The molecule has 0 aliphatic heterocycles. The van der Waals surface area contributed by atoms with E-state index < -0.39 is 5.97 Å². The quantitative estimate of drug-likeness (QED) is 0.740. The largest absolute Gasteiger partial charge is 0.497 e. The Morgan fingerprint density at radius 2 is 1.72 bits per heavy atom. The Balaban J connectivity index is 1.82. The molecule has 0 atom stereocenters. The third-order valence-electron chi connectivity index (χ3n) is 3.70. The molecule has 0 spiro atoms. The first-order valence-corrected chi connectivity index (χ1v) is 7.60. The van der Waals surface area contributed by atoms with E-state index in [0.717, 1.165) is 4.68 Å². The molecule has 0 saturated carbocycles. The lowest BCUT2D eigenvalue weighted by atomic mass is 10.1. The van der Waals surface area contributed by atoms with E-state index in [-0.39, 0.29) is 24.4 Å². The number of methoxy groups -OCH3 is 1. The average molecular weight is 340 g/mol. The smallest absolute Gasteiger partial charge is 0.357 e. The summed E-state index contributed by atoms with van der Waals surface area (Å²) >= 11 is 0. The van der Waals surface area contributed by atoms with Gasteiger partial charge in [0.2, 0.25) is 0 Å². The maximum absolute atomic E-state index is 12.5. The van der Waals surface area contributed by atoms with Crippen LogP contribution in [-0.2, 0) is 6.54 Å². The van der Waals surface area contributed by atoms with Crippen LogP contribution in [0.1, 0.15) is 10.5 Å². The third kappa shape index (κ3) is 3.45. The topological polar surface area (TPSA) is 90.7 Å². The number of aromatic nitrogens is 2. The molecule has 1 heterocycles. The predicted octanol–water partition coefficient (Wildman–Crippen LogP) is 2.18. The first kappa shape index (κ1) is 16.5. The van der Waals surface area contributed by atoms with Gasteiger partial charge < -0.3 is 14.6 Å². The summed E-state index contributed by atoms with van der Waals surface area (Å²) in [6.45, 7) is 0.312. The van der Waals surface area contributed by atoms with Gasteiger partial charge in [-0.05, 0) is 30.3 Å². The standard InChI is InChI=1S/C18H16N2O5/c1-24-12-6-8-13(9-7-12)25-11-10-20-17(21)15-5-3-2-4-14(15)16(19-20)18(22)23/h2-9H,10-11H2,1H3,(H,22,23). The first-order chi connectivity index (χ1) is 12.1. The first-order valence-electron chi connectivity index (χ1n) is 7.60. The highest BCUT2D eigenvalue weighted by molar-refractivity contribution is 6.01. The summed E-state index contributed by atoms with van der Waals surface area (Å²) in [5, 5.41) is 13.9. The second kappa shape index (κ2) is 7.04. The fourth-order valence-corrected chi connectivity index (χ4v) is 2.47. The Kier molecular flexibility index (Phi) is 4.65. The highest BCUT2D eigenvalue weighted by Crippen LogP contribution is 2.17. The van der Waals surface area contributed by atoms with Crippen LogP contribution in [0.15, 0.2) is 53.3 Å². The third-order valence-corrected chi connectivity index (χ3v) is 3.70. The van der Waals surface area contributed by atoms with Crippen molar-refractivity contribution in [2.24, 2.45) is 0 Å². The predicted molar refractivity (Wildman–Crippen MR) is 91.5 cm³/mol. The van der Waals surface area contributed by atoms with Crippen LogP contribution in [0.4, 0.5) is 0 Å². The SMILES string of the molecule is COc1ccc(OCCn2nc(C(=O)O)c3ccccc3c2=O)cc1. The molecule has 3 rings (SSSR count). The van der Waals surface area contributed by atoms with Gasteiger partial charge in [-0.3, -0.25) is 4.79 Å². The number of aromatic carboxylic acids is 1. The fourth-order valence-electron chi connectivity index (χ4n) is 2.47. The summed E-state index contributed by atoms with van der Waals surface area (Å²) in [7, 11) is 1.58. The summed E-state index contributed by atoms with van der Waals surface area (Å²) in [5.74, 6) is 0.153. The van der Waals surface area contributed by atoms with Gasteiger partial charge in [0.25, 0.3) is 5.56 Å². The molecule has 7 heteroatoms. The lowest BCUT2D eigenvalue weighted by Gasteiger charge is -2.10. The van der Waals surface area contributed by atoms with Crippen LogP contribution in [0, 0.1) is 0 Å². The highest BCUT2D eigenvalue weighted by atomic mass is 16.5. The molecule has 7 nitrogen and oxygen atoms in total. The molecule has 0 amide bonds. The van der Waals surface area contributed by atoms with Gasteiger partial charge in [-0.1, -0.05) is 18.2 Å². The molecule has 25 heavy (non-hydrogen) atoms. The average Bonchev–Trinajstić information content (AvgIpc) is 2.64. The van der Waals surface area contributed by atoms with Crippen LogP contribution >= 0.6 is 0 Å². The van der Waals surface area contributed by atoms with Crippen molar-refractivity contribution in [1.29, 1.82) is 0 Å². The monoisotopic (exact) mass is 340 g/mol. The van der Waals surface area contributed by atoms with E-state index in [2.05, 4.69) is 5.10 Å². The molecule has 1 aromatic heterocycles. The van der Waals surface area contributed by atoms with E-state index in [1.807, 2.05) is 0 Å². The molecule has 0 fully saturated rings. The zero-order chi connectivity index (χ0) is 17.8. The molecule has 0 aliphatic carbocycles. The van der Waals surface area contributed by atoms with E-state index in [1.54, 1.807) is 55.6 Å².